The second-order valence-electron chi connectivity index (χ2n) is 8.51. The zero-order valence-electron chi connectivity index (χ0n) is 20.2. The summed E-state index contributed by atoms with van der Waals surface area (Å²) in [5.41, 5.74) is 13.9. The van der Waals surface area contributed by atoms with E-state index in [1.807, 2.05) is 19.1 Å². The van der Waals surface area contributed by atoms with E-state index in [4.69, 9.17) is 21.2 Å². The zero-order valence-corrected chi connectivity index (χ0v) is 20.2. The number of amides is 3. The van der Waals surface area contributed by atoms with Gasteiger partial charge in [0.1, 0.15) is 12.4 Å². The van der Waals surface area contributed by atoms with Gasteiger partial charge in [-0.05, 0) is 43.4 Å². The number of hydrogen-bond acceptors (Lipinski definition) is 8. The molecule has 1 aromatic heterocycles. The van der Waals surface area contributed by atoms with E-state index < -0.39 is 17.9 Å². The molecule has 1 aliphatic rings. The Labute approximate surface area is 204 Å². The van der Waals surface area contributed by atoms with Crippen LogP contribution in [0.1, 0.15) is 60.0 Å². The molecule has 11 heteroatoms. The Hall–Kier alpha value is -3.89. The number of aryl methyl sites for hydroxylation is 1. The third-order valence-corrected chi connectivity index (χ3v) is 5.63. The molecule has 3 amide bonds. The van der Waals surface area contributed by atoms with E-state index in [1.54, 1.807) is 20.1 Å². The summed E-state index contributed by atoms with van der Waals surface area (Å²) in [5, 5.41) is 6.00. The van der Waals surface area contributed by atoms with Gasteiger partial charge in [-0.3, -0.25) is 9.59 Å². The van der Waals surface area contributed by atoms with Crippen LogP contribution in [0.3, 0.4) is 0 Å². The molecule has 1 fully saturated rings. The van der Waals surface area contributed by atoms with Crippen LogP contribution in [0, 0.1) is 5.92 Å². The van der Waals surface area contributed by atoms with Crippen molar-refractivity contribution in [1.82, 2.24) is 15.3 Å². The summed E-state index contributed by atoms with van der Waals surface area (Å²) in [6, 6.07) is 5.51. The molecule has 0 spiro atoms. The van der Waals surface area contributed by atoms with Crippen LogP contribution in [0.25, 0.3) is 0 Å². The van der Waals surface area contributed by atoms with Gasteiger partial charge in [0.05, 0.1) is 24.4 Å². The molecule has 1 aliphatic carbocycles. The number of benzene rings is 1. The normalized spacial score (nSPS) is 13.6. The summed E-state index contributed by atoms with van der Waals surface area (Å²) >= 11 is 0. The van der Waals surface area contributed by atoms with Crippen molar-refractivity contribution in [2.24, 2.45) is 17.4 Å². The average molecular weight is 485 g/mol. The van der Waals surface area contributed by atoms with Gasteiger partial charge in [-0.1, -0.05) is 13.8 Å². The van der Waals surface area contributed by atoms with Crippen molar-refractivity contribution in [3.05, 3.63) is 40.8 Å². The number of methoxy groups -OCH3 is 1. The second kappa shape index (κ2) is 11.5. The first-order valence-electron chi connectivity index (χ1n) is 11.6. The zero-order chi connectivity index (χ0) is 25.5. The van der Waals surface area contributed by atoms with Crippen LogP contribution in [-0.4, -0.2) is 48.1 Å². The number of nitrogens with two attached hydrogens (primary N) is 2. The van der Waals surface area contributed by atoms with Crippen molar-refractivity contribution in [2.45, 2.75) is 45.4 Å². The van der Waals surface area contributed by atoms with Crippen LogP contribution >= 0.6 is 0 Å². The molecule has 1 heterocycles. The summed E-state index contributed by atoms with van der Waals surface area (Å²) in [5.74, 6) is -0.161. The van der Waals surface area contributed by atoms with Crippen LogP contribution < -0.4 is 26.8 Å². The number of primary amides is 2. The molecule has 1 saturated carbocycles. The van der Waals surface area contributed by atoms with E-state index in [9.17, 15) is 14.4 Å². The topological polar surface area (TPSA) is 172 Å². The Bertz CT molecular complexity index is 1100. The van der Waals surface area contributed by atoms with Gasteiger partial charge in [-0.15, -0.1) is 0 Å². The number of ether oxygens (including phenoxy) is 2. The lowest BCUT2D eigenvalue weighted by Gasteiger charge is -2.15. The number of carbonyl (C=O) groups excluding carboxylic acids is 3. The van der Waals surface area contributed by atoms with Gasteiger partial charge in [0.25, 0.3) is 5.91 Å². The van der Waals surface area contributed by atoms with E-state index in [0.29, 0.717) is 42.6 Å². The van der Waals surface area contributed by atoms with Crippen LogP contribution in [0.2, 0.25) is 0 Å². The van der Waals surface area contributed by atoms with Crippen LogP contribution in [0.5, 0.6) is 5.75 Å². The SMILES string of the molecule is CCc1nc(C(N)=O)c(Nc2cc(CCNC(=O)[C@@H](C)COC(N)=O)cc(OC)c2)nc1C1CC1. The van der Waals surface area contributed by atoms with Gasteiger partial charge >= 0.3 is 6.09 Å². The third-order valence-electron chi connectivity index (χ3n) is 5.63. The minimum absolute atomic E-state index is 0.0860. The van der Waals surface area contributed by atoms with Crippen molar-refractivity contribution in [3.63, 3.8) is 0 Å². The molecule has 0 unspecified atom stereocenters. The second-order valence-corrected chi connectivity index (χ2v) is 8.51. The fourth-order valence-corrected chi connectivity index (χ4v) is 3.60. The highest BCUT2D eigenvalue weighted by atomic mass is 16.5. The number of carbonyl (C=O) groups is 3. The molecule has 0 bridgehead atoms. The Morgan fingerprint density at radius 2 is 1.91 bits per heavy atom. The number of nitrogens with zero attached hydrogens (tertiary/aromatic N) is 2. The molecule has 35 heavy (non-hydrogen) atoms. The summed E-state index contributed by atoms with van der Waals surface area (Å²) in [6.45, 7) is 3.89. The number of rotatable bonds is 12. The Kier molecular flexibility index (Phi) is 8.45. The van der Waals surface area contributed by atoms with Gasteiger partial charge in [0.2, 0.25) is 5.91 Å². The number of anilines is 2. The molecule has 188 valence electrons. The molecular formula is C24H32N6O5. The summed E-state index contributed by atoms with van der Waals surface area (Å²) in [7, 11) is 1.56. The minimum atomic E-state index is -0.918. The molecule has 11 nitrogen and oxygen atoms in total. The summed E-state index contributed by atoms with van der Waals surface area (Å²) < 4.78 is 10.1. The third kappa shape index (κ3) is 7.05. The lowest BCUT2D eigenvalue weighted by Crippen LogP contribution is -2.34. The Morgan fingerprint density at radius 1 is 1.17 bits per heavy atom. The van der Waals surface area contributed by atoms with Gasteiger partial charge in [-0.25, -0.2) is 14.8 Å². The highest BCUT2D eigenvalue weighted by Crippen LogP contribution is 2.41. The predicted molar refractivity (Wildman–Crippen MR) is 130 cm³/mol. The smallest absolute Gasteiger partial charge is 0.404 e. The molecule has 0 saturated heterocycles. The molecule has 0 aliphatic heterocycles. The van der Waals surface area contributed by atoms with Crippen LogP contribution in [0.15, 0.2) is 18.2 Å². The molecule has 3 rings (SSSR count). The Balaban J connectivity index is 1.74. The van der Waals surface area contributed by atoms with E-state index in [1.165, 1.54) is 0 Å². The van der Waals surface area contributed by atoms with Crippen molar-refractivity contribution >= 4 is 29.4 Å². The van der Waals surface area contributed by atoms with Gasteiger partial charge in [-0.2, -0.15) is 0 Å². The lowest BCUT2D eigenvalue weighted by atomic mass is 10.1. The summed E-state index contributed by atoms with van der Waals surface area (Å²) in [6.07, 6.45) is 2.37. The predicted octanol–water partition coefficient (Wildman–Crippen LogP) is 2.16. The van der Waals surface area contributed by atoms with Crippen molar-refractivity contribution in [2.75, 3.05) is 25.6 Å². The lowest BCUT2D eigenvalue weighted by molar-refractivity contribution is -0.125. The molecule has 0 radical (unpaired) electrons. The molecule has 1 aromatic carbocycles. The molecular weight excluding hydrogens is 452 g/mol. The first kappa shape index (κ1) is 25.7. The fourth-order valence-electron chi connectivity index (χ4n) is 3.60. The molecule has 2 aromatic rings. The van der Waals surface area contributed by atoms with Gasteiger partial charge < -0.3 is 31.6 Å². The average Bonchev–Trinajstić information content (AvgIpc) is 3.67. The van der Waals surface area contributed by atoms with Crippen molar-refractivity contribution in [1.29, 1.82) is 0 Å². The largest absolute Gasteiger partial charge is 0.497 e. The molecule has 1 atom stereocenters. The molecule has 6 N–H and O–H groups in total. The number of nitrogens with one attached hydrogen (secondary N) is 2. The highest BCUT2D eigenvalue weighted by Gasteiger charge is 2.30. The maximum Gasteiger partial charge on any atom is 0.404 e. The first-order valence-corrected chi connectivity index (χ1v) is 11.6. The highest BCUT2D eigenvalue weighted by molar-refractivity contribution is 5.96. The van der Waals surface area contributed by atoms with Crippen LogP contribution in [0.4, 0.5) is 16.3 Å². The monoisotopic (exact) mass is 484 g/mol. The standard InChI is InChI=1S/C24H32N6O5/c1-4-18-19(15-5-6-15)30-22(20(29-18)21(25)31)28-16-9-14(10-17(11-16)34-3)7-8-27-23(32)13(2)12-35-24(26)33/h9-11,13,15H,4-8,12H2,1-3H3,(H2,25,31)(H2,26,33)(H,27,32)(H,28,30)/t13-/m0/s1. The number of hydrogen-bond donors (Lipinski definition) is 4. The van der Waals surface area contributed by atoms with Gasteiger partial charge in [0, 0.05) is 24.2 Å². The maximum atomic E-state index is 12.2. The first-order chi connectivity index (χ1) is 16.7. The maximum absolute atomic E-state index is 12.2. The van der Waals surface area contributed by atoms with E-state index in [2.05, 4.69) is 20.4 Å². The van der Waals surface area contributed by atoms with Crippen molar-refractivity contribution in [3.8, 4) is 5.75 Å². The van der Waals surface area contributed by atoms with E-state index in [0.717, 1.165) is 29.8 Å². The van der Waals surface area contributed by atoms with E-state index >= 15 is 0 Å². The van der Waals surface area contributed by atoms with Crippen LogP contribution in [-0.2, 0) is 22.4 Å². The minimum Gasteiger partial charge on any atom is -0.497 e. The Morgan fingerprint density at radius 3 is 2.51 bits per heavy atom. The summed E-state index contributed by atoms with van der Waals surface area (Å²) in [4.78, 5) is 44.2. The quantitative estimate of drug-likeness (QED) is 0.355. The fraction of sp³-hybridized carbons (Fsp3) is 0.458. The van der Waals surface area contributed by atoms with Gasteiger partial charge in [0.15, 0.2) is 11.5 Å². The van der Waals surface area contributed by atoms with Crippen molar-refractivity contribution < 1.29 is 23.9 Å². The number of aromatic nitrogens is 2. The van der Waals surface area contributed by atoms with E-state index in [-0.39, 0.29) is 18.2 Å².